The van der Waals surface area contributed by atoms with Crippen molar-refractivity contribution in [2.24, 2.45) is 0 Å². The van der Waals surface area contributed by atoms with Crippen LogP contribution in [0.5, 0.6) is 0 Å². The Labute approximate surface area is 311 Å². The number of nitrogens with one attached hydrogen (secondary N) is 2. The molecule has 1 fully saturated rings. The summed E-state index contributed by atoms with van der Waals surface area (Å²) >= 11 is 0. The summed E-state index contributed by atoms with van der Waals surface area (Å²) < 4.78 is 32.9. The maximum Gasteiger partial charge on any atom is 0.331 e. The topological polar surface area (TPSA) is 269 Å². The highest BCUT2D eigenvalue weighted by Gasteiger charge is 2.44. The lowest BCUT2D eigenvalue weighted by Gasteiger charge is -2.40. The smallest absolute Gasteiger partial charge is 0.331 e. The predicted octanol–water partition coefficient (Wildman–Crippen LogP) is -0.470. The second-order valence-corrected chi connectivity index (χ2v) is 13.0. The van der Waals surface area contributed by atoms with E-state index < -0.39 is 85.4 Å². The van der Waals surface area contributed by atoms with E-state index in [0.717, 1.165) is 12.8 Å². The molecule has 0 saturated carbocycles. The fraction of sp³-hybridized carbons (Fsp3) is 0.886. The fourth-order valence-electron chi connectivity index (χ4n) is 5.29. The van der Waals surface area contributed by atoms with Gasteiger partial charge in [0.1, 0.15) is 37.1 Å². The summed E-state index contributed by atoms with van der Waals surface area (Å²) in [7, 11) is 0. The molecule has 9 atom stereocenters. The standard InChI is InChI=1S/C35H64N2O16/c1-4-5-6-7-8-9-10-11-15-48-16-17-49-18-19-50-20-21-51-34(47)28(23(2)52-35-32(45)31(44)30(43)24(3)53-35)37-33(46)29(25(39)22-38)36-26(40)13-12-14-27(41)42/h23-25,28-32,35,38-39,43-45H,4-22H2,1-3H3,(H,36,40)(H,37,46)(H,41,42)/t23-,24+,25+,28+,29+,30-,31-,32+,35-/m1/s1. The van der Waals surface area contributed by atoms with Crippen molar-refractivity contribution >= 4 is 23.8 Å². The molecule has 0 unspecified atom stereocenters. The highest BCUT2D eigenvalue weighted by atomic mass is 16.7. The van der Waals surface area contributed by atoms with E-state index in [4.69, 9.17) is 33.5 Å². The minimum absolute atomic E-state index is 0.0375. The molecule has 18 nitrogen and oxygen atoms in total. The van der Waals surface area contributed by atoms with Crippen LogP contribution in [0.4, 0.5) is 0 Å². The molecular formula is C35H64N2O16. The molecule has 1 aliphatic heterocycles. The maximum absolute atomic E-state index is 13.3. The first-order chi connectivity index (χ1) is 25.3. The molecule has 1 heterocycles. The van der Waals surface area contributed by atoms with Crippen LogP contribution in [-0.2, 0) is 47.6 Å². The van der Waals surface area contributed by atoms with Crippen LogP contribution in [-0.4, -0.2) is 162 Å². The normalized spacial score (nSPS) is 22.4. The van der Waals surface area contributed by atoms with E-state index in [0.29, 0.717) is 19.8 Å². The molecule has 0 spiro atoms. The van der Waals surface area contributed by atoms with Gasteiger partial charge >= 0.3 is 11.9 Å². The van der Waals surface area contributed by atoms with Gasteiger partial charge in [-0.05, 0) is 26.7 Å². The minimum atomic E-state index is -1.82. The zero-order valence-corrected chi connectivity index (χ0v) is 31.4. The van der Waals surface area contributed by atoms with E-state index in [1.165, 1.54) is 52.4 Å². The van der Waals surface area contributed by atoms with Gasteiger partial charge in [-0.2, -0.15) is 0 Å². The number of aliphatic hydroxyl groups excluding tert-OH is 5. The molecule has 18 heteroatoms. The van der Waals surface area contributed by atoms with Gasteiger partial charge in [0.25, 0.3) is 0 Å². The van der Waals surface area contributed by atoms with Gasteiger partial charge in [-0.25, -0.2) is 4.79 Å². The number of rotatable bonds is 31. The van der Waals surface area contributed by atoms with Gasteiger partial charge in [0.15, 0.2) is 12.3 Å². The maximum atomic E-state index is 13.3. The molecule has 0 aromatic carbocycles. The Morgan fingerprint density at radius 3 is 1.87 bits per heavy atom. The summed E-state index contributed by atoms with van der Waals surface area (Å²) in [6.07, 6.45) is -1.34. The van der Waals surface area contributed by atoms with Crippen molar-refractivity contribution in [3.63, 3.8) is 0 Å². The molecule has 0 aromatic rings. The summed E-state index contributed by atoms with van der Waals surface area (Å²) in [6, 6.07) is -3.42. The quantitative estimate of drug-likeness (QED) is 0.0327. The lowest BCUT2D eigenvalue weighted by molar-refractivity contribution is -0.304. The Morgan fingerprint density at radius 2 is 1.28 bits per heavy atom. The second kappa shape index (κ2) is 28.9. The van der Waals surface area contributed by atoms with Gasteiger partial charge in [0, 0.05) is 19.4 Å². The largest absolute Gasteiger partial charge is 0.481 e. The number of aliphatic carboxylic acids is 1. The van der Waals surface area contributed by atoms with Crippen LogP contribution in [0.2, 0.25) is 0 Å². The van der Waals surface area contributed by atoms with Crippen LogP contribution >= 0.6 is 0 Å². The van der Waals surface area contributed by atoms with Crippen LogP contribution in [0.15, 0.2) is 0 Å². The van der Waals surface area contributed by atoms with Gasteiger partial charge in [-0.15, -0.1) is 0 Å². The Balaban J connectivity index is 2.63. The summed E-state index contributed by atoms with van der Waals surface area (Å²) in [6.45, 7) is 5.73. The Kier molecular flexibility index (Phi) is 26.4. The first-order valence-corrected chi connectivity index (χ1v) is 18.7. The minimum Gasteiger partial charge on any atom is -0.481 e. The van der Waals surface area contributed by atoms with Crippen LogP contribution < -0.4 is 10.6 Å². The van der Waals surface area contributed by atoms with Gasteiger partial charge in [-0.3, -0.25) is 14.4 Å². The third-order valence-electron chi connectivity index (χ3n) is 8.50. The van der Waals surface area contributed by atoms with Gasteiger partial charge in [0.2, 0.25) is 11.8 Å². The van der Waals surface area contributed by atoms with Crippen molar-refractivity contribution in [1.29, 1.82) is 0 Å². The third kappa shape index (κ3) is 20.7. The highest BCUT2D eigenvalue weighted by molar-refractivity contribution is 5.91. The SMILES string of the molecule is CCCCCCCCCCOCCOCCOCCOC(=O)[C@@H](NC(=O)[C@@H](NC(=O)CCCC(=O)O)[C@@H](O)CO)[C@@H](C)O[C@@H]1O[C@@H](C)[C@@H](O)[C@@H](O)[C@@H]1O. The molecule has 53 heavy (non-hydrogen) atoms. The molecule has 1 rings (SSSR count). The average molecular weight is 769 g/mol. The molecule has 0 aromatic heterocycles. The summed E-state index contributed by atoms with van der Waals surface area (Å²) in [4.78, 5) is 49.7. The number of esters is 1. The Hall–Kier alpha value is -2.52. The first-order valence-electron chi connectivity index (χ1n) is 18.7. The average Bonchev–Trinajstić information content (AvgIpc) is 3.12. The van der Waals surface area contributed by atoms with E-state index in [9.17, 15) is 44.7 Å². The number of carboxylic acid groups (broad SMARTS) is 1. The van der Waals surface area contributed by atoms with Crippen molar-refractivity contribution < 1.29 is 78.2 Å². The zero-order valence-electron chi connectivity index (χ0n) is 31.4. The molecule has 310 valence electrons. The van der Waals surface area contributed by atoms with Crippen LogP contribution in [0.25, 0.3) is 0 Å². The van der Waals surface area contributed by atoms with E-state index in [2.05, 4.69) is 17.6 Å². The predicted molar refractivity (Wildman–Crippen MR) is 187 cm³/mol. The molecule has 0 bridgehead atoms. The van der Waals surface area contributed by atoms with Gasteiger partial charge in [0.05, 0.1) is 51.8 Å². The number of carbonyl (C=O) groups is 4. The van der Waals surface area contributed by atoms with Crippen molar-refractivity contribution in [2.45, 2.75) is 146 Å². The summed E-state index contributed by atoms with van der Waals surface area (Å²) in [5.41, 5.74) is 0. The third-order valence-corrected chi connectivity index (χ3v) is 8.50. The molecule has 1 saturated heterocycles. The van der Waals surface area contributed by atoms with Crippen molar-refractivity contribution in [2.75, 3.05) is 52.9 Å². The van der Waals surface area contributed by atoms with Crippen molar-refractivity contribution in [3.8, 4) is 0 Å². The number of amides is 2. The zero-order chi connectivity index (χ0) is 39.6. The first kappa shape index (κ1) is 48.5. The number of hydrogen-bond acceptors (Lipinski definition) is 15. The number of hydrogen-bond donors (Lipinski definition) is 8. The number of carbonyl (C=O) groups excluding carboxylic acids is 3. The van der Waals surface area contributed by atoms with E-state index >= 15 is 0 Å². The van der Waals surface area contributed by atoms with Crippen LogP contribution in [0.1, 0.15) is 91.4 Å². The number of ether oxygens (including phenoxy) is 6. The van der Waals surface area contributed by atoms with E-state index in [1.807, 2.05) is 0 Å². The van der Waals surface area contributed by atoms with Crippen LogP contribution in [0, 0.1) is 0 Å². The van der Waals surface area contributed by atoms with E-state index in [1.54, 1.807) is 0 Å². The van der Waals surface area contributed by atoms with E-state index in [-0.39, 0.29) is 45.7 Å². The van der Waals surface area contributed by atoms with Gasteiger partial charge < -0.3 is 69.7 Å². The molecular weight excluding hydrogens is 704 g/mol. The number of unbranched alkanes of at least 4 members (excludes halogenated alkanes) is 7. The summed E-state index contributed by atoms with van der Waals surface area (Å²) in [5.74, 6) is -4.09. The summed E-state index contributed by atoms with van der Waals surface area (Å²) in [5, 5.41) is 63.7. The fourth-order valence-corrected chi connectivity index (χ4v) is 5.29. The molecule has 2 amide bonds. The van der Waals surface area contributed by atoms with Crippen molar-refractivity contribution in [1.82, 2.24) is 10.6 Å². The molecule has 0 aliphatic carbocycles. The monoisotopic (exact) mass is 768 g/mol. The second-order valence-electron chi connectivity index (χ2n) is 13.0. The van der Waals surface area contributed by atoms with Gasteiger partial charge in [-0.1, -0.05) is 51.9 Å². The Morgan fingerprint density at radius 1 is 0.717 bits per heavy atom. The lowest BCUT2D eigenvalue weighted by atomic mass is 10.00. The highest BCUT2D eigenvalue weighted by Crippen LogP contribution is 2.23. The number of aliphatic hydroxyl groups is 5. The molecule has 0 radical (unpaired) electrons. The van der Waals surface area contributed by atoms with Crippen molar-refractivity contribution in [3.05, 3.63) is 0 Å². The molecule has 8 N–H and O–H groups in total. The Bertz CT molecular complexity index is 1020. The lowest BCUT2D eigenvalue weighted by Crippen LogP contribution is -2.61. The molecule has 1 aliphatic rings. The number of carboxylic acids is 1. The van der Waals surface area contributed by atoms with Crippen LogP contribution in [0.3, 0.4) is 0 Å².